The quantitative estimate of drug-likeness (QED) is 0.552. The molecule has 1 unspecified atom stereocenters. The molecule has 2 saturated heterocycles. The lowest BCUT2D eigenvalue weighted by atomic mass is 10.1. The van der Waals surface area contributed by atoms with Crippen molar-refractivity contribution in [1.82, 2.24) is 15.2 Å². The van der Waals surface area contributed by atoms with Gasteiger partial charge >= 0.3 is 0 Å². The summed E-state index contributed by atoms with van der Waals surface area (Å²) in [5.74, 6) is 0.982. The van der Waals surface area contributed by atoms with Gasteiger partial charge < -0.3 is 24.6 Å². The van der Waals surface area contributed by atoms with Crippen LogP contribution in [0.2, 0.25) is 0 Å². The molecule has 3 rings (SSSR count). The summed E-state index contributed by atoms with van der Waals surface area (Å²) in [5, 5.41) is 6.55. The van der Waals surface area contributed by atoms with E-state index >= 15 is 0 Å². The minimum absolute atomic E-state index is 0.302. The van der Waals surface area contributed by atoms with E-state index < -0.39 is 0 Å². The van der Waals surface area contributed by atoms with Gasteiger partial charge in [-0.1, -0.05) is 0 Å². The summed E-state index contributed by atoms with van der Waals surface area (Å²) < 4.78 is 11.9. The van der Waals surface area contributed by atoms with Gasteiger partial charge in [-0.2, -0.15) is 0 Å². The van der Waals surface area contributed by atoms with Crippen molar-refractivity contribution in [3.8, 4) is 0 Å². The van der Waals surface area contributed by atoms with Crippen LogP contribution in [0.4, 0.5) is 5.13 Å². The maximum Gasteiger partial charge on any atom is 0.194 e. The Morgan fingerprint density at radius 1 is 1.36 bits per heavy atom. The number of piperidine rings is 1. The number of anilines is 1. The predicted molar refractivity (Wildman–Crippen MR) is 115 cm³/mol. The lowest BCUT2D eigenvalue weighted by Crippen LogP contribution is -2.47. The number of guanidine groups is 1. The maximum atomic E-state index is 6.14. The molecule has 0 amide bonds. The first-order valence-corrected chi connectivity index (χ1v) is 11.4. The number of thiazole rings is 1. The molecule has 1 atom stereocenters. The number of aromatic nitrogens is 1. The summed E-state index contributed by atoms with van der Waals surface area (Å²) in [7, 11) is 4.03. The fourth-order valence-corrected chi connectivity index (χ4v) is 4.32. The van der Waals surface area contributed by atoms with Crippen molar-refractivity contribution in [2.24, 2.45) is 4.99 Å². The predicted octanol–water partition coefficient (Wildman–Crippen LogP) is 2.72. The molecule has 0 radical (unpaired) electrons. The molecule has 28 heavy (non-hydrogen) atoms. The van der Waals surface area contributed by atoms with Crippen molar-refractivity contribution in [3.05, 3.63) is 11.1 Å². The largest absolute Gasteiger partial charge is 0.376 e. The minimum Gasteiger partial charge on any atom is -0.376 e. The van der Waals surface area contributed by atoms with Crippen molar-refractivity contribution >= 4 is 22.4 Å². The smallest absolute Gasteiger partial charge is 0.194 e. The molecule has 2 fully saturated rings. The zero-order valence-electron chi connectivity index (χ0n) is 17.5. The van der Waals surface area contributed by atoms with E-state index in [4.69, 9.17) is 14.5 Å². The Labute approximate surface area is 173 Å². The lowest BCUT2D eigenvalue weighted by Gasteiger charge is -2.35. The zero-order chi connectivity index (χ0) is 19.8. The third-order valence-electron chi connectivity index (χ3n) is 5.18. The van der Waals surface area contributed by atoms with Crippen LogP contribution in [0.1, 0.15) is 44.7 Å². The molecule has 2 aliphatic rings. The molecule has 0 bridgehead atoms. The molecule has 0 saturated carbocycles. The SMILES string of the molecule is CCNC(=NCc1csc(N(C)C)n1)N1CCC(OCC2CCCCO2)CC1. The number of hydrogen-bond acceptors (Lipinski definition) is 6. The van der Waals surface area contributed by atoms with E-state index in [0.717, 1.165) is 68.9 Å². The second kappa shape index (κ2) is 11.0. The van der Waals surface area contributed by atoms with Crippen LogP contribution in [-0.2, 0) is 16.0 Å². The van der Waals surface area contributed by atoms with E-state index in [9.17, 15) is 0 Å². The van der Waals surface area contributed by atoms with E-state index in [1.54, 1.807) is 11.3 Å². The molecule has 3 heterocycles. The van der Waals surface area contributed by atoms with Gasteiger partial charge in [0.15, 0.2) is 11.1 Å². The molecule has 1 aromatic rings. The first-order chi connectivity index (χ1) is 13.7. The van der Waals surface area contributed by atoms with Gasteiger partial charge in [0, 0.05) is 45.7 Å². The summed E-state index contributed by atoms with van der Waals surface area (Å²) in [6, 6.07) is 0. The number of hydrogen-bond donors (Lipinski definition) is 1. The van der Waals surface area contributed by atoms with Crippen molar-refractivity contribution in [2.75, 3.05) is 51.8 Å². The van der Waals surface area contributed by atoms with E-state index in [0.29, 0.717) is 18.8 Å². The van der Waals surface area contributed by atoms with Gasteiger partial charge in [-0.25, -0.2) is 9.98 Å². The van der Waals surface area contributed by atoms with Crippen LogP contribution in [0, 0.1) is 0 Å². The molecule has 8 heteroatoms. The molecule has 0 aliphatic carbocycles. The number of aliphatic imine (C=N–C) groups is 1. The van der Waals surface area contributed by atoms with Crippen molar-refractivity contribution in [2.45, 2.75) is 57.8 Å². The molecule has 1 N–H and O–H groups in total. The molecular weight excluding hydrogens is 374 g/mol. The number of ether oxygens (including phenoxy) is 2. The molecule has 1 aromatic heterocycles. The standard InChI is InChI=1S/C20H35N5O2S/c1-4-21-19(22-13-16-15-28-20(23-16)24(2)3)25-10-8-17(9-11-25)27-14-18-7-5-6-12-26-18/h15,17-18H,4-14H2,1-3H3,(H,21,22). The molecule has 2 aliphatic heterocycles. The van der Waals surface area contributed by atoms with Crippen LogP contribution in [0.25, 0.3) is 0 Å². The van der Waals surface area contributed by atoms with Crippen molar-refractivity contribution in [1.29, 1.82) is 0 Å². The summed E-state index contributed by atoms with van der Waals surface area (Å²) >= 11 is 1.66. The highest BCUT2D eigenvalue weighted by molar-refractivity contribution is 7.13. The molecule has 158 valence electrons. The van der Waals surface area contributed by atoms with Crippen LogP contribution >= 0.6 is 11.3 Å². The zero-order valence-corrected chi connectivity index (χ0v) is 18.3. The average Bonchev–Trinajstić information content (AvgIpc) is 3.20. The molecule has 0 spiro atoms. The topological polar surface area (TPSA) is 62.2 Å². The summed E-state index contributed by atoms with van der Waals surface area (Å²) in [5.41, 5.74) is 1.02. The van der Waals surface area contributed by atoms with Gasteiger partial charge in [0.2, 0.25) is 0 Å². The van der Waals surface area contributed by atoms with Crippen LogP contribution < -0.4 is 10.2 Å². The Morgan fingerprint density at radius 2 is 2.18 bits per heavy atom. The Morgan fingerprint density at radius 3 is 2.82 bits per heavy atom. The second-order valence-corrected chi connectivity index (χ2v) is 8.53. The second-order valence-electron chi connectivity index (χ2n) is 7.69. The summed E-state index contributed by atoms with van der Waals surface area (Å²) in [6.07, 6.45) is 6.32. The monoisotopic (exact) mass is 409 g/mol. The highest BCUT2D eigenvalue weighted by Crippen LogP contribution is 2.20. The van der Waals surface area contributed by atoms with Crippen LogP contribution in [0.3, 0.4) is 0 Å². The van der Waals surface area contributed by atoms with E-state index in [2.05, 4.69) is 27.5 Å². The first-order valence-electron chi connectivity index (χ1n) is 10.5. The normalized spacial score (nSPS) is 21.8. The number of nitrogens with zero attached hydrogens (tertiary/aromatic N) is 4. The van der Waals surface area contributed by atoms with Crippen molar-refractivity contribution in [3.63, 3.8) is 0 Å². The Kier molecular flexibility index (Phi) is 8.36. The van der Waals surface area contributed by atoms with Crippen LogP contribution in [0.15, 0.2) is 10.4 Å². The Balaban J connectivity index is 1.46. The molecular formula is C20H35N5O2S. The van der Waals surface area contributed by atoms with E-state index in [1.165, 1.54) is 12.8 Å². The van der Waals surface area contributed by atoms with Gasteiger partial charge in [-0.3, -0.25) is 0 Å². The van der Waals surface area contributed by atoms with Crippen LogP contribution in [0.5, 0.6) is 0 Å². The van der Waals surface area contributed by atoms with E-state index in [1.807, 2.05) is 19.0 Å². The molecule has 0 aromatic carbocycles. The van der Waals surface area contributed by atoms with Gasteiger partial charge in [0.25, 0.3) is 0 Å². The highest BCUT2D eigenvalue weighted by Gasteiger charge is 2.23. The minimum atomic E-state index is 0.302. The number of nitrogens with one attached hydrogen (secondary N) is 1. The van der Waals surface area contributed by atoms with E-state index in [-0.39, 0.29) is 0 Å². The maximum absolute atomic E-state index is 6.14. The number of rotatable bonds is 7. The van der Waals surface area contributed by atoms with Crippen molar-refractivity contribution < 1.29 is 9.47 Å². The highest BCUT2D eigenvalue weighted by atomic mass is 32.1. The molecule has 7 nitrogen and oxygen atoms in total. The third-order valence-corrected chi connectivity index (χ3v) is 6.24. The average molecular weight is 410 g/mol. The number of likely N-dealkylation sites (tertiary alicyclic amines) is 1. The van der Waals surface area contributed by atoms with Gasteiger partial charge in [-0.05, 0) is 39.0 Å². The summed E-state index contributed by atoms with van der Waals surface area (Å²) in [6.45, 7) is 7.18. The Bertz CT molecular complexity index is 607. The van der Waals surface area contributed by atoms with Gasteiger partial charge in [-0.15, -0.1) is 11.3 Å². The third kappa shape index (κ3) is 6.32. The van der Waals surface area contributed by atoms with Crippen LogP contribution in [-0.4, -0.2) is 75.0 Å². The Hall–Kier alpha value is -1.38. The van der Waals surface area contributed by atoms with Gasteiger partial charge in [0.05, 0.1) is 31.1 Å². The first kappa shape index (κ1) is 21.3. The lowest BCUT2D eigenvalue weighted by molar-refractivity contribution is -0.0721. The van der Waals surface area contributed by atoms with Gasteiger partial charge in [0.1, 0.15) is 0 Å². The summed E-state index contributed by atoms with van der Waals surface area (Å²) in [4.78, 5) is 13.8. The fraction of sp³-hybridized carbons (Fsp3) is 0.800. The fourth-order valence-electron chi connectivity index (χ4n) is 3.57.